The van der Waals surface area contributed by atoms with Crippen LogP contribution in [0, 0.1) is 6.92 Å². The summed E-state index contributed by atoms with van der Waals surface area (Å²) in [7, 11) is 0. The second-order valence-corrected chi connectivity index (χ2v) is 7.01. The molecule has 1 fully saturated rings. The van der Waals surface area contributed by atoms with Crippen molar-refractivity contribution in [2.24, 2.45) is 0 Å². The fraction of sp³-hybridized carbons (Fsp3) is 0.579. The van der Waals surface area contributed by atoms with Gasteiger partial charge < -0.3 is 15.1 Å². The number of nitrogens with zero attached hydrogens (tertiary/aromatic N) is 3. The van der Waals surface area contributed by atoms with E-state index in [0.29, 0.717) is 31.2 Å². The Hall–Kier alpha value is -1.79. The topological polar surface area (TPSA) is 55.9 Å². The average Bonchev–Trinajstić information content (AvgIpc) is 2.84. The Balaban J connectivity index is 1.89. The van der Waals surface area contributed by atoms with Crippen LogP contribution < -0.4 is 5.32 Å². The SMILES string of the molecule is CCN(CC)C(=O)CN1CCCN(C(=O)Nc2ccc(Cl)cc2C)CC1. The first-order valence-corrected chi connectivity index (χ1v) is 9.64. The number of halogens is 1. The highest BCUT2D eigenvalue weighted by Crippen LogP contribution is 2.20. The van der Waals surface area contributed by atoms with Crippen LogP contribution >= 0.6 is 11.6 Å². The van der Waals surface area contributed by atoms with Gasteiger partial charge in [-0.1, -0.05) is 11.6 Å². The van der Waals surface area contributed by atoms with Gasteiger partial charge in [0, 0.05) is 50.0 Å². The lowest BCUT2D eigenvalue weighted by atomic mass is 10.2. The van der Waals surface area contributed by atoms with E-state index in [1.807, 2.05) is 42.7 Å². The number of carbonyl (C=O) groups excluding carboxylic acids is 2. The number of urea groups is 1. The van der Waals surface area contributed by atoms with Crippen LogP contribution in [-0.4, -0.2) is 72.5 Å². The van der Waals surface area contributed by atoms with Crippen molar-refractivity contribution in [3.63, 3.8) is 0 Å². The lowest BCUT2D eigenvalue weighted by Gasteiger charge is -2.25. The molecule has 144 valence electrons. The average molecular weight is 381 g/mol. The van der Waals surface area contributed by atoms with Gasteiger partial charge >= 0.3 is 6.03 Å². The molecule has 0 atom stereocenters. The quantitative estimate of drug-likeness (QED) is 0.854. The van der Waals surface area contributed by atoms with Crippen LogP contribution in [0.25, 0.3) is 0 Å². The highest BCUT2D eigenvalue weighted by atomic mass is 35.5. The van der Waals surface area contributed by atoms with E-state index in [1.54, 1.807) is 6.07 Å². The lowest BCUT2D eigenvalue weighted by Crippen LogP contribution is -2.42. The molecule has 2 rings (SSSR count). The summed E-state index contributed by atoms with van der Waals surface area (Å²) in [6.45, 7) is 10.6. The number of carbonyl (C=O) groups is 2. The molecule has 7 heteroatoms. The maximum Gasteiger partial charge on any atom is 0.321 e. The first kappa shape index (κ1) is 20.5. The molecule has 1 aromatic carbocycles. The van der Waals surface area contributed by atoms with Crippen molar-refractivity contribution < 1.29 is 9.59 Å². The molecular formula is C19H29ClN4O2. The summed E-state index contributed by atoms with van der Waals surface area (Å²) in [6.07, 6.45) is 0.860. The van der Waals surface area contributed by atoms with Crippen LogP contribution in [-0.2, 0) is 4.79 Å². The first-order valence-electron chi connectivity index (χ1n) is 9.26. The number of aryl methyl sites for hydroxylation is 1. The van der Waals surface area contributed by atoms with Gasteiger partial charge in [0.25, 0.3) is 0 Å². The Morgan fingerprint density at radius 1 is 1.15 bits per heavy atom. The number of hydrogen-bond acceptors (Lipinski definition) is 3. The standard InChI is InChI=1S/C19H29ClN4O2/c1-4-23(5-2)18(25)14-22-9-6-10-24(12-11-22)19(26)21-17-8-7-16(20)13-15(17)3/h7-8,13H,4-6,9-12,14H2,1-3H3,(H,21,26). The lowest BCUT2D eigenvalue weighted by molar-refractivity contribution is -0.132. The molecule has 0 unspecified atom stereocenters. The molecule has 1 N–H and O–H groups in total. The molecule has 0 aromatic heterocycles. The van der Waals surface area contributed by atoms with Gasteiger partial charge in [-0.2, -0.15) is 0 Å². The van der Waals surface area contributed by atoms with E-state index in [4.69, 9.17) is 11.6 Å². The highest BCUT2D eigenvalue weighted by Gasteiger charge is 2.22. The number of anilines is 1. The van der Waals surface area contributed by atoms with Crippen molar-refractivity contribution in [1.29, 1.82) is 0 Å². The van der Waals surface area contributed by atoms with Gasteiger partial charge in [0.05, 0.1) is 6.54 Å². The summed E-state index contributed by atoms with van der Waals surface area (Å²) in [5.41, 5.74) is 1.71. The van der Waals surface area contributed by atoms with Gasteiger partial charge in [0.2, 0.25) is 5.91 Å². The third kappa shape index (κ3) is 5.61. The van der Waals surface area contributed by atoms with E-state index < -0.39 is 0 Å². The van der Waals surface area contributed by atoms with Gasteiger partial charge in [-0.3, -0.25) is 9.69 Å². The van der Waals surface area contributed by atoms with Crippen LogP contribution in [0.3, 0.4) is 0 Å². The Morgan fingerprint density at radius 3 is 2.54 bits per heavy atom. The molecule has 0 saturated carbocycles. The van der Waals surface area contributed by atoms with Crippen molar-refractivity contribution in [3.8, 4) is 0 Å². The zero-order chi connectivity index (χ0) is 19.1. The summed E-state index contributed by atoms with van der Waals surface area (Å²) in [6, 6.07) is 5.32. The van der Waals surface area contributed by atoms with E-state index >= 15 is 0 Å². The molecule has 3 amide bonds. The Bertz CT molecular complexity index is 634. The number of amides is 3. The maximum absolute atomic E-state index is 12.6. The summed E-state index contributed by atoms with van der Waals surface area (Å²) in [4.78, 5) is 30.7. The zero-order valence-electron chi connectivity index (χ0n) is 15.9. The highest BCUT2D eigenvalue weighted by molar-refractivity contribution is 6.30. The summed E-state index contributed by atoms with van der Waals surface area (Å²) in [5.74, 6) is 0.157. The van der Waals surface area contributed by atoms with E-state index in [0.717, 1.165) is 37.3 Å². The van der Waals surface area contributed by atoms with Gasteiger partial charge in [-0.25, -0.2) is 4.79 Å². The van der Waals surface area contributed by atoms with E-state index in [1.165, 1.54) is 0 Å². The van der Waals surface area contributed by atoms with E-state index in [-0.39, 0.29) is 11.9 Å². The van der Waals surface area contributed by atoms with Gasteiger partial charge in [-0.05, 0) is 51.0 Å². The molecule has 1 aliphatic rings. The minimum atomic E-state index is -0.104. The molecule has 0 aliphatic carbocycles. The number of benzene rings is 1. The van der Waals surface area contributed by atoms with Crippen LogP contribution in [0.5, 0.6) is 0 Å². The molecular weight excluding hydrogens is 352 g/mol. The molecule has 26 heavy (non-hydrogen) atoms. The smallest absolute Gasteiger partial charge is 0.321 e. The second-order valence-electron chi connectivity index (χ2n) is 6.57. The Kier molecular flexibility index (Phi) is 7.72. The molecule has 6 nitrogen and oxygen atoms in total. The number of likely N-dealkylation sites (N-methyl/N-ethyl adjacent to an activating group) is 1. The molecule has 0 bridgehead atoms. The minimum absolute atomic E-state index is 0.104. The molecule has 1 saturated heterocycles. The van der Waals surface area contributed by atoms with Crippen LogP contribution in [0.2, 0.25) is 5.02 Å². The number of hydrogen-bond donors (Lipinski definition) is 1. The number of nitrogens with one attached hydrogen (secondary N) is 1. The third-order valence-electron chi connectivity index (χ3n) is 4.78. The van der Waals surface area contributed by atoms with Crippen LogP contribution in [0.1, 0.15) is 25.8 Å². The maximum atomic E-state index is 12.6. The minimum Gasteiger partial charge on any atom is -0.342 e. The summed E-state index contributed by atoms with van der Waals surface area (Å²) < 4.78 is 0. The van der Waals surface area contributed by atoms with E-state index in [2.05, 4.69) is 10.2 Å². The van der Waals surface area contributed by atoms with E-state index in [9.17, 15) is 9.59 Å². The second kappa shape index (κ2) is 9.78. The zero-order valence-corrected chi connectivity index (χ0v) is 16.7. The number of rotatable bonds is 5. The summed E-state index contributed by atoms with van der Waals surface area (Å²) in [5, 5.41) is 3.62. The molecule has 1 aromatic rings. The fourth-order valence-corrected chi connectivity index (χ4v) is 3.39. The van der Waals surface area contributed by atoms with Crippen molar-refractivity contribution in [2.45, 2.75) is 27.2 Å². The third-order valence-corrected chi connectivity index (χ3v) is 5.02. The van der Waals surface area contributed by atoms with Gasteiger partial charge in [0.15, 0.2) is 0 Å². The Labute approximate surface area is 161 Å². The fourth-order valence-electron chi connectivity index (χ4n) is 3.16. The van der Waals surface area contributed by atoms with Gasteiger partial charge in [0.1, 0.15) is 0 Å². The first-order chi connectivity index (χ1) is 12.4. The molecule has 0 radical (unpaired) electrons. The normalized spacial score (nSPS) is 15.5. The molecule has 0 spiro atoms. The predicted octanol–water partition coefficient (Wildman–Crippen LogP) is 3.06. The van der Waals surface area contributed by atoms with Crippen molar-refractivity contribution in [1.82, 2.24) is 14.7 Å². The van der Waals surface area contributed by atoms with Crippen molar-refractivity contribution in [2.75, 3.05) is 51.1 Å². The van der Waals surface area contributed by atoms with Crippen molar-refractivity contribution in [3.05, 3.63) is 28.8 Å². The van der Waals surface area contributed by atoms with Crippen molar-refractivity contribution >= 4 is 29.2 Å². The van der Waals surface area contributed by atoms with Gasteiger partial charge in [-0.15, -0.1) is 0 Å². The van der Waals surface area contributed by atoms with Crippen LogP contribution in [0.15, 0.2) is 18.2 Å². The predicted molar refractivity (Wildman–Crippen MR) is 106 cm³/mol. The van der Waals surface area contributed by atoms with Crippen LogP contribution in [0.4, 0.5) is 10.5 Å². The largest absolute Gasteiger partial charge is 0.342 e. The summed E-state index contributed by atoms with van der Waals surface area (Å²) >= 11 is 5.96. The Morgan fingerprint density at radius 2 is 1.88 bits per heavy atom. The molecule has 1 aliphatic heterocycles. The molecule has 1 heterocycles. The monoisotopic (exact) mass is 380 g/mol.